The lowest BCUT2D eigenvalue weighted by Crippen LogP contribution is -2.27. The molecule has 120 valence electrons. The molecule has 0 bridgehead atoms. The number of hydrogen-bond donors (Lipinski definition) is 1. The maximum atomic E-state index is 12.6. The molecule has 0 aliphatic heterocycles. The van der Waals surface area contributed by atoms with E-state index in [-0.39, 0.29) is 10.6 Å². The number of aromatic nitrogens is 2. The van der Waals surface area contributed by atoms with E-state index in [4.69, 9.17) is 0 Å². The highest BCUT2D eigenvalue weighted by molar-refractivity contribution is 7.92. The Kier molecular flexibility index (Phi) is 3.73. The van der Waals surface area contributed by atoms with Gasteiger partial charge in [0.1, 0.15) is 0 Å². The van der Waals surface area contributed by atoms with Gasteiger partial charge in [0.05, 0.1) is 5.69 Å². The van der Waals surface area contributed by atoms with Crippen LogP contribution in [-0.4, -0.2) is 17.8 Å². The molecule has 0 atom stereocenters. The maximum Gasteiger partial charge on any atom is 0.279 e. The highest BCUT2D eigenvalue weighted by Crippen LogP contribution is 2.19. The number of fused-ring (bicyclic) bond motifs is 1. The minimum absolute atomic E-state index is 0.192. The van der Waals surface area contributed by atoms with Crippen LogP contribution in [0, 0.1) is 20.8 Å². The van der Waals surface area contributed by atoms with Crippen LogP contribution in [-0.2, 0) is 10.0 Å². The molecule has 8 heteroatoms. The van der Waals surface area contributed by atoms with Crippen molar-refractivity contribution in [1.29, 1.82) is 0 Å². The Labute approximate surface area is 137 Å². The molecule has 0 saturated heterocycles. The summed E-state index contributed by atoms with van der Waals surface area (Å²) in [6.45, 7) is 5.23. The van der Waals surface area contributed by atoms with Crippen molar-refractivity contribution in [3.05, 3.63) is 57.0 Å². The standard InChI is InChI=1S/C15H15N3O3S2/c1-9-5-4-6-12(7-9)17-23(20,21)13-11(3)16-15-18(14(13)19)8-10(2)22-15/h4-8,17H,1-3H3. The number of benzene rings is 1. The molecule has 1 N–H and O–H groups in total. The van der Waals surface area contributed by atoms with Gasteiger partial charge >= 0.3 is 0 Å². The fraction of sp³-hybridized carbons (Fsp3) is 0.200. The van der Waals surface area contributed by atoms with Crippen LogP contribution < -0.4 is 10.3 Å². The van der Waals surface area contributed by atoms with Gasteiger partial charge in [0.15, 0.2) is 9.86 Å². The third-order valence-corrected chi connectivity index (χ3v) is 5.72. The second kappa shape index (κ2) is 5.47. The number of nitrogens with one attached hydrogen (secondary N) is 1. The number of thiazole rings is 1. The molecule has 0 aliphatic rings. The summed E-state index contributed by atoms with van der Waals surface area (Å²) in [6.07, 6.45) is 1.60. The van der Waals surface area contributed by atoms with Crippen LogP contribution in [0.25, 0.3) is 4.96 Å². The average molecular weight is 349 g/mol. The molecule has 2 heterocycles. The second-order valence-electron chi connectivity index (χ2n) is 5.30. The lowest BCUT2D eigenvalue weighted by atomic mass is 10.2. The van der Waals surface area contributed by atoms with Crippen molar-refractivity contribution in [2.24, 2.45) is 0 Å². The molecular formula is C15H15N3O3S2. The van der Waals surface area contributed by atoms with Crippen molar-refractivity contribution in [2.75, 3.05) is 4.72 Å². The highest BCUT2D eigenvalue weighted by Gasteiger charge is 2.24. The van der Waals surface area contributed by atoms with E-state index in [9.17, 15) is 13.2 Å². The van der Waals surface area contributed by atoms with Crippen LogP contribution >= 0.6 is 11.3 Å². The van der Waals surface area contributed by atoms with Gasteiger partial charge < -0.3 is 0 Å². The molecule has 0 fully saturated rings. The predicted octanol–water partition coefficient (Wildman–Crippen LogP) is 2.48. The molecular weight excluding hydrogens is 334 g/mol. The van der Waals surface area contributed by atoms with E-state index in [0.717, 1.165) is 10.4 Å². The minimum Gasteiger partial charge on any atom is -0.279 e. The Bertz CT molecular complexity index is 1070. The van der Waals surface area contributed by atoms with Crippen molar-refractivity contribution in [1.82, 2.24) is 9.38 Å². The molecule has 3 rings (SSSR count). The van der Waals surface area contributed by atoms with Crippen LogP contribution in [0.4, 0.5) is 5.69 Å². The Morgan fingerprint density at radius 3 is 2.65 bits per heavy atom. The molecule has 0 spiro atoms. The van der Waals surface area contributed by atoms with Crippen LogP contribution in [0.15, 0.2) is 40.2 Å². The number of rotatable bonds is 3. The van der Waals surface area contributed by atoms with Crippen LogP contribution in [0.2, 0.25) is 0 Å². The van der Waals surface area contributed by atoms with Crippen LogP contribution in [0.3, 0.4) is 0 Å². The number of sulfonamides is 1. The van der Waals surface area contributed by atoms with Gasteiger partial charge in [-0.2, -0.15) is 0 Å². The first-order chi connectivity index (χ1) is 10.8. The lowest BCUT2D eigenvalue weighted by molar-refractivity contribution is 0.598. The van der Waals surface area contributed by atoms with Crippen molar-refractivity contribution in [2.45, 2.75) is 25.7 Å². The van der Waals surface area contributed by atoms with Gasteiger partial charge in [0, 0.05) is 16.8 Å². The van der Waals surface area contributed by atoms with E-state index in [0.29, 0.717) is 10.6 Å². The fourth-order valence-electron chi connectivity index (χ4n) is 2.36. The monoisotopic (exact) mass is 349 g/mol. The summed E-state index contributed by atoms with van der Waals surface area (Å²) < 4.78 is 29.0. The lowest BCUT2D eigenvalue weighted by Gasteiger charge is -2.10. The number of hydrogen-bond acceptors (Lipinski definition) is 5. The summed E-state index contributed by atoms with van der Waals surface area (Å²) in [5, 5.41) is 0. The summed E-state index contributed by atoms with van der Waals surface area (Å²) in [5.41, 5.74) is 0.935. The van der Waals surface area contributed by atoms with E-state index in [1.54, 1.807) is 24.4 Å². The van der Waals surface area contributed by atoms with Gasteiger partial charge in [-0.3, -0.25) is 13.9 Å². The molecule has 6 nitrogen and oxygen atoms in total. The summed E-state index contributed by atoms with van der Waals surface area (Å²) in [4.78, 5) is 17.9. The number of anilines is 1. The molecule has 23 heavy (non-hydrogen) atoms. The normalized spacial score (nSPS) is 11.8. The Morgan fingerprint density at radius 2 is 1.96 bits per heavy atom. The summed E-state index contributed by atoms with van der Waals surface area (Å²) >= 11 is 1.34. The van der Waals surface area contributed by atoms with Gasteiger partial charge in [0.2, 0.25) is 0 Å². The van der Waals surface area contributed by atoms with Crippen molar-refractivity contribution in [3.8, 4) is 0 Å². The first-order valence-corrected chi connectivity index (χ1v) is 9.17. The smallest absolute Gasteiger partial charge is 0.279 e. The zero-order chi connectivity index (χ0) is 16.8. The van der Waals surface area contributed by atoms with Crippen molar-refractivity contribution < 1.29 is 8.42 Å². The third kappa shape index (κ3) is 2.87. The average Bonchev–Trinajstić information content (AvgIpc) is 2.78. The van der Waals surface area contributed by atoms with E-state index in [1.807, 2.05) is 19.9 Å². The SMILES string of the molecule is Cc1cccc(NS(=O)(=O)c2c(C)nc3sc(C)cn3c2=O)c1. The van der Waals surface area contributed by atoms with Gasteiger partial charge in [0.25, 0.3) is 15.6 Å². The Hall–Kier alpha value is -2.19. The summed E-state index contributed by atoms with van der Waals surface area (Å²) in [6, 6.07) is 6.94. The molecule has 0 radical (unpaired) electrons. The number of aryl methyl sites for hydroxylation is 3. The Balaban J connectivity index is 2.16. The minimum atomic E-state index is -4.01. The Morgan fingerprint density at radius 1 is 1.22 bits per heavy atom. The summed E-state index contributed by atoms with van der Waals surface area (Å²) in [7, 11) is -4.01. The largest absolute Gasteiger partial charge is 0.279 e. The molecule has 0 saturated carbocycles. The van der Waals surface area contributed by atoms with Crippen molar-refractivity contribution in [3.63, 3.8) is 0 Å². The topological polar surface area (TPSA) is 80.5 Å². The van der Waals surface area contributed by atoms with Gasteiger partial charge in [-0.25, -0.2) is 13.4 Å². The molecule has 1 aromatic carbocycles. The molecule has 2 aromatic heterocycles. The van der Waals surface area contributed by atoms with Gasteiger partial charge in [-0.1, -0.05) is 12.1 Å². The second-order valence-corrected chi connectivity index (χ2v) is 8.13. The third-order valence-electron chi connectivity index (χ3n) is 3.31. The first-order valence-electron chi connectivity index (χ1n) is 6.87. The quantitative estimate of drug-likeness (QED) is 0.788. The van der Waals surface area contributed by atoms with Gasteiger partial charge in [-0.05, 0) is 38.5 Å². The summed E-state index contributed by atoms with van der Waals surface area (Å²) in [5.74, 6) is 0. The first kappa shape index (κ1) is 15.7. The molecule has 0 amide bonds. The zero-order valence-corrected chi connectivity index (χ0v) is 14.5. The molecule has 3 aromatic rings. The van der Waals surface area contributed by atoms with Gasteiger partial charge in [-0.15, -0.1) is 11.3 Å². The van der Waals surface area contributed by atoms with Crippen LogP contribution in [0.1, 0.15) is 16.1 Å². The zero-order valence-electron chi connectivity index (χ0n) is 12.8. The number of nitrogens with zero attached hydrogens (tertiary/aromatic N) is 2. The molecule has 0 unspecified atom stereocenters. The van der Waals surface area contributed by atoms with E-state index in [2.05, 4.69) is 9.71 Å². The van der Waals surface area contributed by atoms with E-state index < -0.39 is 15.6 Å². The fourth-order valence-corrected chi connectivity index (χ4v) is 4.53. The van der Waals surface area contributed by atoms with E-state index >= 15 is 0 Å². The predicted molar refractivity (Wildman–Crippen MR) is 90.8 cm³/mol. The van der Waals surface area contributed by atoms with Crippen molar-refractivity contribution >= 4 is 32.0 Å². The maximum absolute atomic E-state index is 12.6. The highest BCUT2D eigenvalue weighted by atomic mass is 32.2. The van der Waals surface area contributed by atoms with E-state index in [1.165, 1.54) is 22.7 Å². The molecule has 0 aliphatic carbocycles. The van der Waals surface area contributed by atoms with Crippen LogP contribution in [0.5, 0.6) is 0 Å².